The van der Waals surface area contributed by atoms with E-state index in [2.05, 4.69) is 24.1 Å². The monoisotopic (exact) mass is 294 g/mol. The summed E-state index contributed by atoms with van der Waals surface area (Å²) in [7, 11) is 0. The van der Waals surface area contributed by atoms with Crippen molar-refractivity contribution in [3.05, 3.63) is 23.2 Å². The molecule has 0 saturated heterocycles. The Kier molecular flexibility index (Phi) is 3.44. The van der Waals surface area contributed by atoms with Crippen LogP contribution in [-0.2, 0) is 0 Å². The molecule has 1 fully saturated rings. The van der Waals surface area contributed by atoms with E-state index in [1.54, 1.807) is 11.3 Å². The SMILES string of the molecule is CC1(C)CCCC(Nc2nc3cc(Cl)ccc3s2)C1. The first-order valence-corrected chi connectivity index (χ1v) is 8.04. The number of hydrogen-bond donors (Lipinski definition) is 1. The lowest BCUT2D eigenvalue weighted by Gasteiger charge is -2.35. The van der Waals surface area contributed by atoms with Crippen LogP contribution < -0.4 is 5.32 Å². The van der Waals surface area contributed by atoms with Gasteiger partial charge in [0.2, 0.25) is 0 Å². The second-order valence-electron chi connectivity index (χ2n) is 6.23. The number of halogens is 1. The fourth-order valence-corrected chi connectivity index (χ4v) is 4.05. The van der Waals surface area contributed by atoms with Gasteiger partial charge in [-0.2, -0.15) is 0 Å². The molecule has 1 saturated carbocycles. The minimum atomic E-state index is 0.454. The molecule has 1 aliphatic rings. The summed E-state index contributed by atoms with van der Waals surface area (Å²) < 4.78 is 1.20. The number of aromatic nitrogens is 1. The third-order valence-electron chi connectivity index (χ3n) is 3.88. The van der Waals surface area contributed by atoms with Crippen LogP contribution >= 0.6 is 22.9 Å². The van der Waals surface area contributed by atoms with E-state index in [-0.39, 0.29) is 0 Å². The predicted octanol–water partition coefficient (Wildman–Crippen LogP) is 5.33. The molecular weight excluding hydrogens is 276 g/mol. The van der Waals surface area contributed by atoms with Crippen molar-refractivity contribution in [2.24, 2.45) is 5.41 Å². The number of nitrogens with one attached hydrogen (secondary N) is 1. The smallest absolute Gasteiger partial charge is 0.184 e. The largest absolute Gasteiger partial charge is 0.359 e. The van der Waals surface area contributed by atoms with Gasteiger partial charge in [0.05, 0.1) is 10.2 Å². The molecule has 1 aliphatic carbocycles. The van der Waals surface area contributed by atoms with Gasteiger partial charge in [0.25, 0.3) is 0 Å². The molecule has 3 rings (SSSR count). The van der Waals surface area contributed by atoms with Gasteiger partial charge in [0.1, 0.15) is 0 Å². The number of hydrogen-bond acceptors (Lipinski definition) is 3. The lowest BCUT2D eigenvalue weighted by atomic mass is 9.75. The summed E-state index contributed by atoms with van der Waals surface area (Å²) in [6.07, 6.45) is 5.12. The van der Waals surface area contributed by atoms with Gasteiger partial charge in [-0.05, 0) is 42.9 Å². The van der Waals surface area contributed by atoms with E-state index >= 15 is 0 Å². The zero-order chi connectivity index (χ0) is 13.5. The Morgan fingerprint density at radius 2 is 2.26 bits per heavy atom. The van der Waals surface area contributed by atoms with E-state index in [0.29, 0.717) is 11.5 Å². The van der Waals surface area contributed by atoms with Crippen molar-refractivity contribution in [1.82, 2.24) is 4.98 Å². The molecule has 102 valence electrons. The number of thiazole rings is 1. The van der Waals surface area contributed by atoms with Crippen LogP contribution in [0.1, 0.15) is 39.5 Å². The molecule has 2 nitrogen and oxygen atoms in total. The molecule has 0 bridgehead atoms. The molecular formula is C15H19ClN2S. The highest BCUT2D eigenvalue weighted by Gasteiger charge is 2.28. The van der Waals surface area contributed by atoms with Crippen molar-refractivity contribution in [1.29, 1.82) is 0 Å². The predicted molar refractivity (Wildman–Crippen MR) is 84.3 cm³/mol. The Morgan fingerprint density at radius 3 is 3.05 bits per heavy atom. The van der Waals surface area contributed by atoms with Gasteiger partial charge in [0.15, 0.2) is 5.13 Å². The summed E-state index contributed by atoms with van der Waals surface area (Å²) in [6, 6.07) is 6.46. The standard InChI is InChI=1S/C15H19ClN2S/c1-15(2)7-3-4-11(9-15)17-14-18-12-8-10(16)5-6-13(12)19-14/h5-6,8,11H,3-4,7,9H2,1-2H3,(H,17,18). The molecule has 1 N–H and O–H groups in total. The van der Waals surface area contributed by atoms with Gasteiger partial charge in [0, 0.05) is 11.1 Å². The summed E-state index contributed by atoms with van der Waals surface area (Å²) >= 11 is 7.72. The van der Waals surface area contributed by atoms with Gasteiger partial charge < -0.3 is 5.32 Å². The quantitative estimate of drug-likeness (QED) is 0.809. The Hall–Kier alpha value is -0.800. The number of anilines is 1. The van der Waals surface area contributed by atoms with Crippen LogP contribution in [0.5, 0.6) is 0 Å². The second-order valence-corrected chi connectivity index (χ2v) is 7.70. The van der Waals surface area contributed by atoms with Crippen LogP contribution in [0.2, 0.25) is 5.02 Å². The summed E-state index contributed by atoms with van der Waals surface area (Å²) in [6.45, 7) is 4.72. The molecule has 2 aromatic rings. The minimum Gasteiger partial charge on any atom is -0.359 e. The Balaban J connectivity index is 1.77. The molecule has 1 atom stereocenters. The molecule has 0 spiro atoms. The van der Waals surface area contributed by atoms with E-state index in [9.17, 15) is 0 Å². The van der Waals surface area contributed by atoms with Crippen LogP contribution in [0.15, 0.2) is 18.2 Å². The second kappa shape index (κ2) is 4.95. The van der Waals surface area contributed by atoms with E-state index < -0.39 is 0 Å². The number of nitrogens with zero attached hydrogens (tertiary/aromatic N) is 1. The highest BCUT2D eigenvalue weighted by molar-refractivity contribution is 7.22. The van der Waals surface area contributed by atoms with Gasteiger partial charge in [-0.1, -0.05) is 43.2 Å². The number of fused-ring (bicyclic) bond motifs is 1. The molecule has 0 radical (unpaired) electrons. The van der Waals surface area contributed by atoms with Crippen molar-refractivity contribution in [2.45, 2.75) is 45.6 Å². The average Bonchev–Trinajstić information content (AvgIpc) is 2.68. The highest BCUT2D eigenvalue weighted by atomic mass is 35.5. The zero-order valence-corrected chi connectivity index (χ0v) is 12.9. The molecule has 1 aromatic heterocycles. The maximum Gasteiger partial charge on any atom is 0.184 e. The van der Waals surface area contributed by atoms with Crippen LogP contribution in [0.3, 0.4) is 0 Å². The van der Waals surface area contributed by atoms with Crippen molar-refractivity contribution in [3.63, 3.8) is 0 Å². The van der Waals surface area contributed by atoms with Gasteiger partial charge in [-0.15, -0.1) is 0 Å². The number of rotatable bonds is 2. The fraction of sp³-hybridized carbons (Fsp3) is 0.533. The molecule has 1 aromatic carbocycles. The van der Waals surface area contributed by atoms with Gasteiger partial charge >= 0.3 is 0 Å². The van der Waals surface area contributed by atoms with E-state index in [1.165, 1.54) is 30.4 Å². The molecule has 1 unspecified atom stereocenters. The lowest BCUT2D eigenvalue weighted by Crippen LogP contribution is -2.31. The fourth-order valence-electron chi connectivity index (χ4n) is 2.96. The lowest BCUT2D eigenvalue weighted by molar-refractivity contribution is 0.229. The first-order chi connectivity index (χ1) is 9.02. The zero-order valence-electron chi connectivity index (χ0n) is 11.4. The van der Waals surface area contributed by atoms with Crippen LogP contribution in [-0.4, -0.2) is 11.0 Å². The Labute approximate surface area is 123 Å². The number of benzene rings is 1. The molecule has 0 aliphatic heterocycles. The molecule has 1 heterocycles. The first kappa shape index (κ1) is 13.2. The van der Waals surface area contributed by atoms with E-state index in [0.717, 1.165) is 15.7 Å². The first-order valence-electron chi connectivity index (χ1n) is 6.84. The minimum absolute atomic E-state index is 0.454. The summed E-state index contributed by atoms with van der Waals surface area (Å²) in [5.41, 5.74) is 1.45. The van der Waals surface area contributed by atoms with E-state index in [1.807, 2.05) is 18.2 Å². The van der Waals surface area contributed by atoms with Gasteiger partial charge in [-0.3, -0.25) is 0 Å². The normalized spacial score (nSPS) is 22.6. The molecule has 0 amide bonds. The summed E-state index contributed by atoms with van der Waals surface area (Å²) in [4.78, 5) is 4.64. The van der Waals surface area contributed by atoms with Gasteiger partial charge in [-0.25, -0.2) is 4.98 Å². The maximum atomic E-state index is 6.00. The van der Waals surface area contributed by atoms with E-state index in [4.69, 9.17) is 11.6 Å². The van der Waals surface area contributed by atoms with Crippen molar-refractivity contribution >= 4 is 38.3 Å². The third kappa shape index (κ3) is 3.03. The van der Waals surface area contributed by atoms with Crippen LogP contribution in [0, 0.1) is 5.41 Å². The molecule has 4 heteroatoms. The maximum absolute atomic E-state index is 6.00. The highest BCUT2D eigenvalue weighted by Crippen LogP contribution is 2.37. The topological polar surface area (TPSA) is 24.9 Å². The third-order valence-corrected chi connectivity index (χ3v) is 5.09. The van der Waals surface area contributed by atoms with Crippen molar-refractivity contribution < 1.29 is 0 Å². The summed E-state index contributed by atoms with van der Waals surface area (Å²) in [5, 5.41) is 5.39. The van der Waals surface area contributed by atoms with Crippen LogP contribution in [0.4, 0.5) is 5.13 Å². The van der Waals surface area contributed by atoms with Crippen molar-refractivity contribution in [3.8, 4) is 0 Å². The Bertz CT molecular complexity index is 591. The van der Waals surface area contributed by atoms with Crippen LogP contribution in [0.25, 0.3) is 10.2 Å². The summed E-state index contributed by atoms with van der Waals surface area (Å²) in [5.74, 6) is 0. The Morgan fingerprint density at radius 1 is 1.42 bits per heavy atom. The van der Waals surface area contributed by atoms with Crippen molar-refractivity contribution in [2.75, 3.05) is 5.32 Å². The molecule has 19 heavy (non-hydrogen) atoms. The average molecular weight is 295 g/mol.